The van der Waals surface area contributed by atoms with Crippen LogP contribution in [0.3, 0.4) is 0 Å². The molecular formula is C17H15F3N2OS. The van der Waals surface area contributed by atoms with E-state index in [2.05, 4.69) is 4.98 Å². The zero-order chi connectivity index (χ0) is 17.3. The monoisotopic (exact) mass is 352 g/mol. The molecule has 0 spiro atoms. The average molecular weight is 352 g/mol. The highest BCUT2D eigenvalue weighted by atomic mass is 32.1. The molecule has 3 nitrogen and oxygen atoms in total. The van der Waals surface area contributed by atoms with Crippen molar-refractivity contribution in [3.63, 3.8) is 0 Å². The fourth-order valence-electron chi connectivity index (χ4n) is 3.01. The van der Waals surface area contributed by atoms with Crippen LogP contribution < -0.4 is 0 Å². The fourth-order valence-corrected chi connectivity index (χ4v) is 3.96. The molecule has 3 rings (SSSR count). The summed E-state index contributed by atoms with van der Waals surface area (Å²) >= 11 is 1.12. The first-order chi connectivity index (χ1) is 11.4. The second kappa shape index (κ2) is 6.44. The zero-order valence-electron chi connectivity index (χ0n) is 12.7. The van der Waals surface area contributed by atoms with Crippen molar-refractivity contribution >= 4 is 27.1 Å². The van der Waals surface area contributed by atoms with Gasteiger partial charge in [-0.1, -0.05) is 19.3 Å². The van der Waals surface area contributed by atoms with E-state index in [-0.39, 0.29) is 27.8 Å². The quantitative estimate of drug-likeness (QED) is 0.558. The van der Waals surface area contributed by atoms with Gasteiger partial charge in [0.05, 0.1) is 15.8 Å². The SMILES string of the molecule is N#C/C(=C(/O)C1CCCCC1)c1nc2cc(C(F)(F)F)ccc2s1. The summed E-state index contributed by atoms with van der Waals surface area (Å²) < 4.78 is 38.9. The molecule has 1 aliphatic rings. The summed E-state index contributed by atoms with van der Waals surface area (Å²) in [4.78, 5) is 4.15. The van der Waals surface area contributed by atoms with Crippen LogP contribution in [0.2, 0.25) is 0 Å². The molecule has 0 bridgehead atoms. The predicted octanol–water partition coefficient (Wildman–Crippen LogP) is 5.69. The number of aliphatic hydroxyl groups is 1. The number of alkyl halides is 3. The standard InChI is InChI=1S/C17H15F3N2OS/c18-17(19,20)11-6-7-14-13(8-11)22-16(24-14)12(9-21)15(23)10-4-2-1-3-5-10/h6-8,10,23H,1-5H2/b15-12-. The highest BCUT2D eigenvalue weighted by molar-refractivity contribution is 7.19. The Morgan fingerprint density at radius 2 is 1.96 bits per heavy atom. The van der Waals surface area contributed by atoms with Gasteiger partial charge in [-0.05, 0) is 31.0 Å². The van der Waals surface area contributed by atoms with Crippen LogP contribution >= 0.6 is 11.3 Å². The van der Waals surface area contributed by atoms with Gasteiger partial charge < -0.3 is 5.11 Å². The van der Waals surface area contributed by atoms with E-state index in [1.165, 1.54) is 6.07 Å². The third kappa shape index (κ3) is 3.24. The first-order valence-corrected chi connectivity index (χ1v) is 8.53. The Kier molecular flexibility index (Phi) is 4.50. The molecule has 1 N–H and O–H groups in total. The van der Waals surface area contributed by atoms with Crippen molar-refractivity contribution in [3.05, 3.63) is 34.5 Å². The van der Waals surface area contributed by atoms with Gasteiger partial charge in [0.25, 0.3) is 0 Å². The molecule has 0 radical (unpaired) electrons. The first kappa shape index (κ1) is 16.8. The van der Waals surface area contributed by atoms with Crippen molar-refractivity contribution in [1.82, 2.24) is 4.98 Å². The number of aliphatic hydroxyl groups excluding tert-OH is 1. The van der Waals surface area contributed by atoms with Crippen molar-refractivity contribution in [1.29, 1.82) is 5.26 Å². The Hall–Kier alpha value is -2.07. The number of fused-ring (bicyclic) bond motifs is 1. The van der Waals surface area contributed by atoms with Crippen molar-refractivity contribution < 1.29 is 18.3 Å². The number of nitriles is 1. The molecule has 0 atom stereocenters. The van der Waals surface area contributed by atoms with Crippen LogP contribution in [0.1, 0.15) is 42.7 Å². The molecule has 1 saturated carbocycles. The van der Waals surface area contributed by atoms with E-state index in [9.17, 15) is 23.5 Å². The lowest BCUT2D eigenvalue weighted by Gasteiger charge is -2.21. The van der Waals surface area contributed by atoms with Gasteiger partial charge in [-0.15, -0.1) is 11.3 Å². The van der Waals surface area contributed by atoms with Crippen molar-refractivity contribution in [2.24, 2.45) is 5.92 Å². The van der Waals surface area contributed by atoms with Gasteiger partial charge in [0.15, 0.2) is 0 Å². The molecule has 1 aromatic carbocycles. The number of thiazole rings is 1. The van der Waals surface area contributed by atoms with Crippen LogP contribution in [0.25, 0.3) is 15.8 Å². The second-order valence-electron chi connectivity index (χ2n) is 5.91. The third-order valence-electron chi connectivity index (χ3n) is 4.29. The van der Waals surface area contributed by atoms with Crippen LogP contribution in [0.5, 0.6) is 0 Å². The molecule has 1 heterocycles. The number of aromatic nitrogens is 1. The van der Waals surface area contributed by atoms with Gasteiger partial charge in [-0.3, -0.25) is 0 Å². The molecule has 0 aliphatic heterocycles. The predicted molar refractivity (Wildman–Crippen MR) is 86.4 cm³/mol. The molecule has 2 aromatic rings. The van der Waals surface area contributed by atoms with Crippen LogP contribution in [-0.2, 0) is 6.18 Å². The normalized spacial score (nSPS) is 17.6. The Bertz CT molecular complexity index is 826. The summed E-state index contributed by atoms with van der Waals surface area (Å²) in [5, 5.41) is 20.1. The third-order valence-corrected chi connectivity index (χ3v) is 5.34. The molecule has 7 heteroatoms. The number of halogens is 3. The minimum absolute atomic E-state index is 0.0206. The minimum atomic E-state index is -4.43. The van der Waals surface area contributed by atoms with Gasteiger partial charge in [-0.25, -0.2) is 4.98 Å². The van der Waals surface area contributed by atoms with Crippen molar-refractivity contribution in [2.45, 2.75) is 38.3 Å². The van der Waals surface area contributed by atoms with Gasteiger partial charge in [0.2, 0.25) is 0 Å². The van der Waals surface area contributed by atoms with Gasteiger partial charge in [0, 0.05) is 5.92 Å². The van der Waals surface area contributed by atoms with Gasteiger partial charge in [0.1, 0.15) is 22.4 Å². The zero-order valence-corrected chi connectivity index (χ0v) is 13.5. The maximum Gasteiger partial charge on any atom is 0.416 e. The van der Waals surface area contributed by atoms with Crippen LogP contribution in [0.4, 0.5) is 13.2 Å². The highest BCUT2D eigenvalue weighted by Gasteiger charge is 2.31. The van der Waals surface area contributed by atoms with E-state index in [0.29, 0.717) is 4.70 Å². The van der Waals surface area contributed by atoms with E-state index >= 15 is 0 Å². The molecular weight excluding hydrogens is 337 g/mol. The smallest absolute Gasteiger partial charge is 0.416 e. The Labute approximate surface area is 141 Å². The molecule has 0 saturated heterocycles. The fraction of sp³-hybridized carbons (Fsp3) is 0.412. The maximum absolute atomic E-state index is 12.8. The second-order valence-corrected chi connectivity index (χ2v) is 6.94. The van der Waals surface area contributed by atoms with E-state index in [4.69, 9.17) is 0 Å². The van der Waals surface area contributed by atoms with Crippen LogP contribution in [-0.4, -0.2) is 10.1 Å². The minimum Gasteiger partial charge on any atom is -0.511 e. The highest BCUT2D eigenvalue weighted by Crippen LogP contribution is 2.37. The topological polar surface area (TPSA) is 56.9 Å². The Morgan fingerprint density at radius 1 is 1.25 bits per heavy atom. The lowest BCUT2D eigenvalue weighted by atomic mass is 9.86. The summed E-state index contributed by atoms with van der Waals surface area (Å²) in [5.74, 6) is -0.0431. The average Bonchev–Trinajstić information content (AvgIpc) is 2.98. The molecule has 1 aromatic heterocycles. The molecule has 126 valence electrons. The van der Waals surface area contributed by atoms with Crippen LogP contribution in [0.15, 0.2) is 24.0 Å². The maximum atomic E-state index is 12.8. The molecule has 0 amide bonds. The number of nitrogens with zero attached hydrogens (tertiary/aromatic N) is 2. The summed E-state index contributed by atoms with van der Waals surface area (Å²) in [6.07, 6.45) is 0.327. The van der Waals surface area contributed by atoms with E-state index in [1.807, 2.05) is 6.07 Å². The molecule has 1 aliphatic carbocycles. The van der Waals surface area contributed by atoms with E-state index in [1.54, 1.807) is 0 Å². The molecule has 0 unspecified atom stereocenters. The number of benzene rings is 1. The van der Waals surface area contributed by atoms with Crippen LogP contribution in [0, 0.1) is 17.2 Å². The first-order valence-electron chi connectivity index (χ1n) is 7.71. The largest absolute Gasteiger partial charge is 0.511 e. The van der Waals surface area contributed by atoms with E-state index in [0.717, 1.165) is 55.6 Å². The van der Waals surface area contributed by atoms with E-state index < -0.39 is 11.7 Å². The summed E-state index contributed by atoms with van der Waals surface area (Å²) in [6, 6.07) is 5.30. The summed E-state index contributed by atoms with van der Waals surface area (Å²) in [5.41, 5.74) is -0.503. The Morgan fingerprint density at radius 3 is 2.58 bits per heavy atom. The summed E-state index contributed by atoms with van der Waals surface area (Å²) in [7, 11) is 0. The summed E-state index contributed by atoms with van der Waals surface area (Å²) in [6.45, 7) is 0. The molecule has 1 fully saturated rings. The number of hydrogen-bond donors (Lipinski definition) is 1. The van der Waals surface area contributed by atoms with Gasteiger partial charge in [-0.2, -0.15) is 18.4 Å². The number of allylic oxidation sites excluding steroid dienone is 2. The Balaban J connectivity index is 2.02. The lowest BCUT2D eigenvalue weighted by molar-refractivity contribution is -0.137. The molecule has 24 heavy (non-hydrogen) atoms. The number of rotatable bonds is 2. The lowest BCUT2D eigenvalue weighted by Crippen LogP contribution is -2.10. The number of hydrogen-bond acceptors (Lipinski definition) is 4. The van der Waals surface area contributed by atoms with Gasteiger partial charge >= 0.3 is 6.18 Å². The van der Waals surface area contributed by atoms with Crippen molar-refractivity contribution in [2.75, 3.05) is 0 Å². The van der Waals surface area contributed by atoms with Crippen molar-refractivity contribution in [3.8, 4) is 6.07 Å².